The molecule has 20 heavy (non-hydrogen) atoms. The molecule has 0 spiro atoms. The van der Waals surface area contributed by atoms with E-state index in [1.54, 1.807) is 7.11 Å². The number of benzene rings is 1. The number of nitrogens with one attached hydrogen (secondary N) is 1. The third kappa shape index (κ3) is 3.20. The van der Waals surface area contributed by atoms with Gasteiger partial charge in [-0.05, 0) is 42.0 Å². The van der Waals surface area contributed by atoms with Crippen LogP contribution in [0.4, 0.5) is 0 Å². The summed E-state index contributed by atoms with van der Waals surface area (Å²) in [6.45, 7) is 4.08. The first kappa shape index (κ1) is 14.6. The maximum Gasteiger partial charge on any atom is 0.261 e. The lowest BCUT2D eigenvalue weighted by Crippen LogP contribution is -2.27. The van der Waals surface area contributed by atoms with Crippen molar-refractivity contribution in [2.45, 2.75) is 26.3 Å². The molecule has 4 heteroatoms. The molecule has 3 nitrogen and oxygen atoms in total. The Balaban J connectivity index is 2.16. The second kappa shape index (κ2) is 6.57. The molecule has 1 atom stereocenters. The smallest absolute Gasteiger partial charge is 0.261 e. The molecule has 0 fully saturated rings. The van der Waals surface area contributed by atoms with Crippen molar-refractivity contribution in [1.82, 2.24) is 5.32 Å². The molecule has 0 aliphatic heterocycles. The highest BCUT2D eigenvalue weighted by atomic mass is 32.1. The van der Waals surface area contributed by atoms with Gasteiger partial charge < -0.3 is 10.1 Å². The maximum atomic E-state index is 12.1. The second-order valence-electron chi connectivity index (χ2n) is 4.64. The van der Waals surface area contributed by atoms with Gasteiger partial charge in [0.1, 0.15) is 5.75 Å². The second-order valence-corrected chi connectivity index (χ2v) is 5.59. The largest absolute Gasteiger partial charge is 0.496 e. The summed E-state index contributed by atoms with van der Waals surface area (Å²) in [5.41, 5.74) is 2.18. The van der Waals surface area contributed by atoms with E-state index in [4.69, 9.17) is 4.74 Å². The van der Waals surface area contributed by atoms with E-state index < -0.39 is 0 Å². The zero-order valence-electron chi connectivity index (χ0n) is 12.0. The number of hydrogen-bond donors (Lipinski definition) is 1. The van der Waals surface area contributed by atoms with Gasteiger partial charge in [-0.3, -0.25) is 4.79 Å². The van der Waals surface area contributed by atoms with E-state index in [1.165, 1.54) is 11.3 Å². The van der Waals surface area contributed by atoms with Crippen molar-refractivity contribution in [3.63, 3.8) is 0 Å². The highest BCUT2D eigenvalue weighted by molar-refractivity contribution is 7.12. The molecular weight excluding hydrogens is 270 g/mol. The Bertz CT molecular complexity index is 578. The predicted octanol–water partition coefficient (Wildman–Crippen LogP) is 3.95. The van der Waals surface area contributed by atoms with E-state index in [2.05, 4.69) is 18.3 Å². The van der Waals surface area contributed by atoms with Gasteiger partial charge in [0, 0.05) is 0 Å². The Morgan fingerprint density at radius 3 is 2.75 bits per heavy atom. The van der Waals surface area contributed by atoms with E-state index >= 15 is 0 Å². The van der Waals surface area contributed by atoms with Crippen LogP contribution >= 0.6 is 11.3 Å². The van der Waals surface area contributed by atoms with E-state index in [0.717, 1.165) is 28.2 Å². The molecule has 1 aromatic carbocycles. The monoisotopic (exact) mass is 289 g/mol. The first-order valence-electron chi connectivity index (χ1n) is 6.64. The molecule has 0 aliphatic rings. The van der Waals surface area contributed by atoms with Crippen molar-refractivity contribution in [2.75, 3.05) is 7.11 Å². The van der Waals surface area contributed by atoms with Gasteiger partial charge in [-0.25, -0.2) is 0 Å². The minimum absolute atomic E-state index is 0.0136. The van der Waals surface area contributed by atoms with Crippen LogP contribution in [0.2, 0.25) is 0 Å². The van der Waals surface area contributed by atoms with E-state index in [0.29, 0.717) is 0 Å². The van der Waals surface area contributed by atoms with Gasteiger partial charge in [0.25, 0.3) is 5.91 Å². The molecule has 1 amide bonds. The number of rotatable bonds is 5. The van der Waals surface area contributed by atoms with Gasteiger partial charge in [-0.1, -0.05) is 25.1 Å². The lowest BCUT2D eigenvalue weighted by Gasteiger charge is -2.18. The number of carbonyl (C=O) groups is 1. The fourth-order valence-electron chi connectivity index (χ4n) is 2.18. The van der Waals surface area contributed by atoms with Gasteiger partial charge in [0.15, 0.2) is 0 Å². The average Bonchev–Trinajstić information content (AvgIpc) is 2.98. The number of methoxy groups -OCH3 is 1. The third-order valence-electron chi connectivity index (χ3n) is 3.28. The minimum Gasteiger partial charge on any atom is -0.496 e. The maximum absolute atomic E-state index is 12.1. The quantitative estimate of drug-likeness (QED) is 0.905. The topological polar surface area (TPSA) is 38.3 Å². The summed E-state index contributed by atoms with van der Waals surface area (Å²) in [5.74, 6) is 0.855. The average molecular weight is 289 g/mol. The molecule has 1 unspecified atom stereocenters. The summed E-state index contributed by atoms with van der Waals surface area (Å²) in [4.78, 5) is 12.9. The molecule has 0 aliphatic carbocycles. The number of hydrogen-bond acceptors (Lipinski definition) is 3. The standard InChI is InChI=1S/C16H19NO2S/c1-4-13(17-16(18)15-6-5-9-20-15)12-7-8-14(19-3)11(2)10-12/h5-10,13H,4H2,1-3H3,(H,17,18). The third-order valence-corrected chi connectivity index (χ3v) is 4.15. The number of ether oxygens (including phenoxy) is 1. The zero-order chi connectivity index (χ0) is 14.5. The molecule has 2 aromatic rings. The van der Waals surface area contributed by atoms with Gasteiger partial charge >= 0.3 is 0 Å². The van der Waals surface area contributed by atoms with Crippen molar-refractivity contribution in [1.29, 1.82) is 0 Å². The fourth-order valence-corrected chi connectivity index (χ4v) is 2.80. The number of thiophene rings is 1. The van der Waals surface area contributed by atoms with Crippen LogP contribution in [0, 0.1) is 6.92 Å². The van der Waals surface area contributed by atoms with Gasteiger partial charge in [0.2, 0.25) is 0 Å². The summed E-state index contributed by atoms with van der Waals surface area (Å²) in [6.07, 6.45) is 0.850. The number of aryl methyl sites for hydroxylation is 1. The Labute approximate surface area is 123 Å². The van der Waals surface area contributed by atoms with Gasteiger partial charge in [-0.15, -0.1) is 11.3 Å². The van der Waals surface area contributed by atoms with Crippen LogP contribution in [-0.2, 0) is 0 Å². The van der Waals surface area contributed by atoms with Crippen LogP contribution in [0.15, 0.2) is 35.7 Å². The molecule has 0 bridgehead atoms. The molecular formula is C16H19NO2S. The molecule has 0 saturated carbocycles. The molecule has 0 radical (unpaired) electrons. The SMILES string of the molecule is CCC(NC(=O)c1cccs1)c1ccc(OC)c(C)c1. The number of carbonyl (C=O) groups excluding carboxylic acids is 1. The zero-order valence-corrected chi connectivity index (χ0v) is 12.8. The van der Waals surface area contributed by atoms with Crippen LogP contribution in [0.5, 0.6) is 5.75 Å². The Morgan fingerprint density at radius 1 is 1.40 bits per heavy atom. The van der Waals surface area contributed by atoms with Crippen molar-refractivity contribution in [2.24, 2.45) is 0 Å². The first-order chi connectivity index (χ1) is 9.65. The van der Waals surface area contributed by atoms with E-state index in [-0.39, 0.29) is 11.9 Å². The molecule has 0 saturated heterocycles. The van der Waals surface area contributed by atoms with Crippen molar-refractivity contribution < 1.29 is 9.53 Å². The van der Waals surface area contributed by atoms with E-state index in [1.807, 2.05) is 36.6 Å². The lowest BCUT2D eigenvalue weighted by atomic mass is 10.0. The van der Waals surface area contributed by atoms with Gasteiger partial charge in [0.05, 0.1) is 18.0 Å². The summed E-state index contributed by atoms with van der Waals surface area (Å²) >= 11 is 1.46. The van der Waals surface area contributed by atoms with Crippen molar-refractivity contribution in [3.8, 4) is 5.75 Å². The van der Waals surface area contributed by atoms with Crippen LogP contribution in [0.1, 0.15) is 40.2 Å². The van der Waals surface area contributed by atoms with E-state index in [9.17, 15) is 4.79 Å². The van der Waals surface area contributed by atoms with Crippen LogP contribution in [-0.4, -0.2) is 13.0 Å². The van der Waals surface area contributed by atoms with Crippen molar-refractivity contribution >= 4 is 17.2 Å². The van der Waals surface area contributed by atoms with Gasteiger partial charge in [-0.2, -0.15) is 0 Å². The number of amides is 1. The fraction of sp³-hybridized carbons (Fsp3) is 0.312. The minimum atomic E-state index is -0.0136. The molecule has 2 rings (SSSR count). The van der Waals surface area contributed by atoms with Crippen LogP contribution in [0.3, 0.4) is 0 Å². The summed E-state index contributed by atoms with van der Waals surface area (Å²) < 4.78 is 5.27. The Morgan fingerprint density at radius 2 is 2.20 bits per heavy atom. The van der Waals surface area contributed by atoms with Crippen LogP contribution in [0.25, 0.3) is 0 Å². The van der Waals surface area contributed by atoms with Crippen molar-refractivity contribution in [3.05, 3.63) is 51.7 Å². The predicted molar refractivity (Wildman–Crippen MR) is 82.5 cm³/mol. The lowest BCUT2D eigenvalue weighted by molar-refractivity contribution is 0.0939. The Kier molecular flexibility index (Phi) is 4.79. The first-order valence-corrected chi connectivity index (χ1v) is 7.52. The van der Waals surface area contributed by atoms with Crippen LogP contribution < -0.4 is 10.1 Å². The summed E-state index contributed by atoms with van der Waals surface area (Å²) in [7, 11) is 1.66. The molecule has 106 valence electrons. The highest BCUT2D eigenvalue weighted by Gasteiger charge is 2.15. The molecule has 1 N–H and O–H groups in total. The highest BCUT2D eigenvalue weighted by Crippen LogP contribution is 2.24. The Hall–Kier alpha value is -1.81. The molecule has 1 aromatic heterocycles. The molecule has 1 heterocycles. The summed E-state index contributed by atoms with van der Waals surface area (Å²) in [6, 6.07) is 9.78. The normalized spacial score (nSPS) is 11.9. The summed E-state index contributed by atoms with van der Waals surface area (Å²) in [5, 5.41) is 4.99.